The van der Waals surface area contributed by atoms with Crippen LogP contribution in [-0.2, 0) is 0 Å². The molecule has 15 heavy (non-hydrogen) atoms. The largest absolute Gasteiger partial charge is 0.392 e. The predicted molar refractivity (Wildman–Crippen MR) is 60.6 cm³/mol. The number of aliphatic hydroxyl groups is 1. The highest BCUT2D eigenvalue weighted by Crippen LogP contribution is 2.45. The summed E-state index contributed by atoms with van der Waals surface area (Å²) in [6.45, 7) is 0. The molecule has 3 rings (SSSR count). The summed E-state index contributed by atoms with van der Waals surface area (Å²) in [6, 6.07) is 1.16. The molecule has 2 heteroatoms. The average Bonchev–Trinajstić information content (AvgIpc) is 3.10. The molecule has 0 bridgehead atoms. The van der Waals surface area contributed by atoms with Crippen LogP contribution < -0.4 is 5.32 Å². The van der Waals surface area contributed by atoms with Crippen molar-refractivity contribution in [1.29, 1.82) is 0 Å². The second-order valence-electron chi connectivity index (χ2n) is 5.83. The van der Waals surface area contributed by atoms with Gasteiger partial charge in [0, 0.05) is 12.1 Å². The molecule has 3 saturated carbocycles. The van der Waals surface area contributed by atoms with Crippen molar-refractivity contribution in [3.63, 3.8) is 0 Å². The summed E-state index contributed by atoms with van der Waals surface area (Å²) in [5.74, 6) is 1.90. The van der Waals surface area contributed by atoms with E-state index in [1.807, 2.05) is 0 Å². The van der Waals surface area contributed by atoms with E-state index in [0.29, 0.717) is 6.04 Å². The second-order valence-corrected chi connectivity index (χ2v) is 5.83. The first kappa shape index (κ1) is 10.1. The molecule has 2 N–H and O–H groups in total. The Morgan fingerprint density at radius 1 is 0.867 bits per heavy atom. The number of hydrogen-bond acceptors (Lipinski definition) is 2. The summed E-state index contributed by atoms with van der Waals surface area (Å²) >= 11 is 0. The van der Waals surface area contributed by atoms with Crippen LogP contribution in [0.15, 0.2) is 0 Å². The lowest BCUT2D eigenvalue weighted by Gasteiger charge is -2.32. The summed E-state index contributed by atoms with van der Waals surface area (Å²) < 4.78 is 0. The van der Waals surface area contributed by atoms with Crippen LogP contribution in [0.3, 0.4) is 0 Å². The van der Waals surface area contributed by atoms with Gasteiger partial charge in [-0.2, -0.15) is 0 Å². The van der Waals surface area contributed by atoms with Crippen LogP contribution >= 0.6 is 0 Å². The van der Waals surface area contributed by atoms with Gasteiger partial charge < -0.3 is 10.4 Å². The zero-order valence-electron chi connectivity index (χ0n) is 9.49. The molecular formula is C13H23NO. The van der Waals surface area contributed by atoms with Gasteiger partial charge in [-0.25, -0.2) is 0 Å². The lowest BCUT2D eigenvalue weighted by molar-refractivity contribution is 0.0812. The third kappa shape index (κ3) is 2.36. The Labute approximate surface area is 92.4 Å². The Balaban J connectivity index is 1.56. The quantitative estimate of drug-likeness (QED) is 0.743. The standard InChI is InChI=1S/C13H23NO/c15-12-4-2-1-3-11(12)14-13(9-5-6-9)10-7-8-10/h9-15H,1-8H2/t11-,12-/m1/s1. The molecule has 0 spiro atoms. The maximum absolute atomic E-state index is 9.96. The van der Waals surface area contributed by atoms with E-state index in [1.165, 1.54) is 44.9 Å². The molecule has 0 aliphatic heterocycles. The molecule has 0 aromatic carbocycles. The molecule has 86 valence electrons. The van der Waals surface area contributed by atoms with Crippen molar-refractivity contribution in [2.45, 2.75) is 69.6 Å². The lowest BCUT2D eigenvalue weighted by atomic mass is 9.91. The Kier molecular flexibility index (Phi) is 2.73. The SMILES string of the molecule is O[C@@H]1CCCC[C@H]1NC(C1CC1)C1CC1. The van der Waals surface area contributed by atoms with E-state index in [1.54, 1.807) is 0 Å². The highest BCUT2D eigenvalue weighted by atomic mass is 16.3. The third-order valence-corrected chi connectivity index (χ3v) is 4.40. The van der Waals surface area contributed by atoms with E-state index in [-0.39, 0.29) is 6.10 Å². The maximum Gasteiger partial charge on any atom is 0.0693 e. The van der Waals surface area contributed by atoms with Gasteiger partial charge in [-0.05, 0) is 50.4 Å². The molecule has 0 radical (unpaired) electrons. The summed E-state index contributed by atoms with van der Waals surface area (Å²) in [7, 11) is 0. The summed E-state index contributed by atoms with van der Waals surface area (Å²) in [4.78, 5) is 0. The van der Waals surface area contributed by atoms with Crippen LogP contribution in [0.4, 0.5) is 0 Å². The molecule has 0 amide bonds. The molecule has 0 unspecified atom stereocenters. The molecule has 0 aromatic rings. The highest BCUT2D eigenvalue weighted by Gasteiger charge is 2.42. The molecule has 0 saturated heterocycles. The fraction of sp³-hybridized carbons (Fsp3) is 1.00. The molecule has 2 atom stereocenters. The van der Waals surface area contributed by atoms with Crippen LogP contribution in [0.5, 0.6) is 0 Å². The summed E-state index contributed by atoms with van der Waals surface area (Å²) in [5, 5.41) is 13.7. The maximum atomic E-state index is 9.96. The van der Waals surface area contributed by atoms with Gasteiger partial charge in [-0.3, -0.25) is 0 Å². The minimum Gasteiger partial charge on any atom is -0.392 e. The van der Waals surface area contributed by atoms with Crippen molar-refractivity contribution in [1.82, 2.24) is 5.32 Å². The second kappa shape index (κ2) is 4.06. The molecule has 3 aliphatic rings. The summed E-state index contributed by atoms with van der Waals surface area (Å²) in [6.07, 6.45) is 10.4. The predicted octanol–water partition coefficient (Wildman–Crippen LogP) is 2.07. The summed E-state index contributed by atoms with van der Waals surface area (Å²) in [5.41, 5.74) is 0. The first-order valence-electron chi connectivity index (χ1n) is 6.79. The van der Waals surface area contributed by atoms with Gasteiger partial charge in [0.1, 0.15) is 0 Å². The van der Waals surface area contributed by atoms with Gasteiger partial charge in [0.25, 0.3) is 0 Å². The van der Waals surface area contributed by atoms with Crippen molar-refractivity contribution in [2.24, 2.45) is 11.8 Å². The monoisotopic (exact) mass is 209 g/mol. The lowest BCUT2D eigenvalue weighted by Crippen LogP contribution is -2.48. The smallest absolute Gasteiger partial charge is 0.0693 e. The van der Waals surface area contributed by atoms with E-state index in [9.17, 15) is 5.11 Å². The van der Waals surface area contributed by atoms with Crippen molar-refractivity contribution in [3.8, 4) is 0 Å². The molecule has 2 nitrogen and oxygen atoms in total. The van der Waals surface area contributed by atoms with Gasteiger partial charge >= 0.3 is 0 Å². The topological polar surface area (TPSA) is 32.3 Å². The van der Waals surface area contributed by atoms with Gasteiger partial charge in [-0.15, -0.1) is 0 Å². The molecule has 3 fully saturated rings. The Hall–Kier alpha value is -0.0800. The molecular weight excluding hydrogens is 186 g/mol. The Morgan fingerprint density at radius 3 is 2.00 bits per heavy atom. The number of hydrogen-bond donors (Lipinski definition) is 2. The third-order valence-electron chi connectivity index (χ3n) is 4.40. The minimum atomic E-state index is -0.0706. The minimum absolute atomic E-state index is 0.0706. The Bertz CT molecular complexity index is 211. The van der Waals surface area contributed by atoms with Gasteiger partial charge in [-0.1, -0.05) is 12.8 Å². The molecule has 0 heterocycles. The zero-order valence-corrected chi connectivity index (χ0v) is 9.49. The van der Waals surface area contributed by atoms with Crippen LogP contribution in [0, 0.1) is 11.8 Å². The van der Waals surface area contributed by atoms with Gasteiger partial charge in [0.15, 0.2) is 0 Å². The fourth-order valence-corrected chi connectivity index (χ4v) is 3.12. The van der Waals surface area contributed by atoms with E-state index >= 15 is 0 Å². The van der Waals surface area contributed by atoms with Crippen molar-refractivity contribution in [3.05, 3.63) is 0 Å². The average molecular weight is 209 g/mol. The first-order chi connectivity index (χ1) is 7.34. The zero-order chi connectivity index (χ0) is 10.3. The van der Waals surface area contributed by atoms with E-state index < -0.39 is 0 Å². The first-order valence-corrected chi connectivity index (χ1v) is 6.79. The Morgan fingerprint density at radius 2 is 1.47 bits per heavy atom. The number of rotatable bonds is 4. The van der Waals surface area contributed by atoms with Crippen LogP contribution in [0.2, 0.25) is 0 Å². The van der Waals surface area contributed by atoms with Gasteiger partial charge in [0.2, 0.25) is 0 Å². The van der Waals surface area contributed by atoms with Crippen molar-refractivity contribution >= 4 is 0 Å². The number of nitrogens with one attached hydrogen (secondary N) is 1. The number of aliphatic hydroxyl groups excluding tert-OH is 1. The fourth-order valence-electron chi connectivity index (χ4n) is 3.12. The van der Waals surface area contributed by atoms with E-state index in [4.69, 9.17) is 0 Å². The molecule has 0 aromatic heterocycles. The van der Waals surface area contributed by atoms with Crippen molar-refractivity contribution < 1.29 is 5.11 Å². The van der Waals surface area contributed by atoms with Crippen molar-refractivity contribution in [2.75, 3.05) is 0 Å². The molecule has 3 aliphatic carbocycles. The van der Waals surface area contributed by atoms with E-state index in [2.05, 4.69) is 5.32 Å². The van der Waals surface area contributed by atoms with Crippen LogP contribution in [0.25, 0.3) is 0 Å². The highest BCUT2D eigenvalue weighted by molar-refractivity contribution is 4.98. The normalized spacial score (nSPS) is 37.2. The van der Waals surface area contributed by atoms with Crippen LogP contribution in [0.1, 0.15) is 51.4 Å². The van der Waals surface area contributed by atoms with Gasteiger partial charge in [0.05, 0.1) is 6.10 Å². The van der Waals surface area contributed by atoms with Crippen LogP contribution in [-0.4, -0.2) is 23.3 Å². The van der Waals surface area contributed by atoms with E-state index in [0.717, 1.165) is 24.3 Å².